The second-order valence-corrected chi connectivity index (χ2v) is 9.98. The molecule has 3 rings (SSSR count). The minimum absolute atomic E-state index is 0.681. The van der Waals surface area contributed by atoms with Gasteiger partial charge in [0, 0.05) is 80.7 Å². The minimum atomic E-state index is 0.681. The van der Waals surface area contributed by atoms with Crippen LogP contribution in [0.3, 0.4) is 0 Å². The van der Waals surface area contributed by atoms with Gasteiger partial charge in [0.25, 0.3) is 0 Å². The minimum Gasteiger partial charge on any atom is -0.379 e. The third kappa shape index (κ3) is 8.66. The molecule has 2 heterocycles. The van der Waals surface area contributed by atoms with Crippen LogP contribution in [-0.2, 0) is 28.7 Å². The maximum absolute atomic E-state index is 5.74. The topological polar surface area (TPSA) is 56.1 Å². The summed E-state index contributed by atoms with van der Waals surface area (Å²) in [5.41, 5.74) is 4.18. The Morgan fingerprint density at radius 3 is 1.75 bits per heavy atom. The average molecular weight is 501 g/mol. The van der Waals surface area contributed by atoms with Crippen molar-refractivity contribution in [2.75, 3.05) is 93.9 Å². The highest BCUT2D eigenvalue weighted by Gasteiger charge is 2.20. The first-order valence-corrected chi connectivity index (χ1v) is 13.7. The molecule has 1 aromatic carbocycles. The lowest BCUT2D eigenvalue weighted by Gasteiger charge is -2.17. The van der Waals surface area contributed by atoms with E-state index in [0.29, 0.717) is 13.2 Å². The Morgan fingerprint density at radius 2 is 1.19 bits per heavy atom. The molecule has 0 bridgehead atoms. The first-order valence-electron chi connectivity index (χ1n) is 13.7. The van der Waals surface area contributed by atoms with Crippen molar-refractivity contribution in [1.29, 1.82) is 0 Å². The fraction of sp³-hybridized carbons (Fsp3) is 0.714. The number of rotatable bonds is 15. The summed E-state index contributed by atoms with van der Waals surface area (Å²) in [5.74, 6) is 2.21. The van der Waals surface area contributed by atoms with E-state index in [4.69, 9.17) is 19.5 Å². The monoisotopic (exact) mass is 500 g/mol. The van der Waals surface area contributed by atoms with Crippen molar-refractivity contribution >= 4 is 11.9 Å². The zero-order chi connectivity index (χ0) is 25.8. The van der Waals surface area contributed by atoms with Crippen molar-refractivity contribution in [1.82, 2.24) is 19.6 Å². The molecule has 0 aliphatic carbocycles. The van der Waals surface area contributed by atoms with E-state index in [0.717, 1.165) is 96.5 Å². The summed E-state index contributed by atoms with van der Waals surface area (Å²) < 4.78 is 11.2. The molecule has 2 fully saturated rings. The van der Waals surface area contributed by atoms with Crippen LogP contribution in [0.5, 0.6) is 0 Å². The molecule has 36 heavy (non-hydrogen) atoms. The Balaban J connectivity index is 1.57. The van der Waals surface area contributed by atoms with E-state index >= 15 is 0 Å². The van der Waals surface area contributed by atoms with E-state index in [1.165, 1.54) is 16.7 Å². The molecule has 2 aliphatic rings. The number of hydrogen-bond acceptors (Lipinski definition) is 4. The van der Waals surface area contributed by atoms with Crippen LogP contribution in [0.25, 0.3) is 0 Å². The molecule has 8 nitrogen and oxygen atoms in total. The number of ether oxygens (including phenoxy) is 2. The smallest absolute Gasteiger partial charge is 0.196 e. The molecule has 8 heteroatoms. The van der Waals surface area contributed by atoms with Gasteiger partial charge in [-0.15, -0.1) is 0 Å². The average Bonchev–Trinajstić information content (AvgIpc) is 3.36. The van der Waals surface area contributed by atoms with Crippen molar-refractivity contribution in [3.8, 4) is 0 Å². The molecular weight excluding hydrogens is 452 g/mol. The molecule has 0 radical (unpaired) electrons. The van der Waals surface area contributed by atoms with Gasteiger partial charge in [0.05, 0.1) is 13.2 Å². The highest BCUT2D eigenvalue weighted by atomic mass is 16.5. The summed E-state index contributed by atoms with van der Waals surface area (Å²) in [6, 6.07) is 6.99. The number of aliphatic imine (C=N–C) groups is 2. The van der Waals surface area contributed by atoms with Crippen molar-refractivity contribution < 1.29 is 9.47 Å². The van der Waals surface area contributed by atoms with E-state index in [-0.39, 0.29) is 0 Å². The number of aryl methyl sites for hydroxylation is 1. The van der Waals surface area contributed by atoms with Gasteiger partial charge in [0.15, 0.2) is 11.9 Å². The molecule has 2 saturated heterocycles. The van der Waals surface area contributed by atoms with Crippen LogP contribution in [0.1, 0.15) is 36.5 Å². The van der Waals surface area contributed by atoms with Gasteiger partial charge in [-0.05, 0) is 48.8 Å². The second kappa shape index (κ2) is 15.1. The highest BCUT2D eigenvalue weighted by Crippen LogP contribution is 2.17. The van der Waals surface area contributed by atoms with Crippen LogP contribution in [0.2, 0.25) is 0 Å². The third-order valence-electron chi connectivity index (χ3n) is 6.92. The summed E-state index contributed by atoms with van der Waals surface area (Å²) in [6.45, 7) is 10.9. The van der Waals surface area contributed by atoms with Gasteiger partial charge in [0.2, 0.25) is 0 Å². The Kier molecular flexibility index (Phi) is 11.8. The van der Waals surface area contributed by atoms with Gasteiger partial charge >= 0.3 is 0 Å². The summed E-state index contributed by atoms with van der Waals surface area (Å²) >= 11 is 0. The Hall–Kier alpha value is -2.32. The van der Waals surface area contributed by atoms with E-state index in [1.54, 1.807) is 0 Å². The van der Waals surface area contributed by atoms with Gasteiger partial charge in [-0.2, -0.15) is 0 Å². The molecule has 0 aromatic heterocycles. The van der Waals surface area contributed by atoms with Crippen LogP contribution in [0.15, 0.2) is 28.2 Å². The fourth-order valence-corrected chi connectivity index (χ4v) is 4.77. The lowest BCUT2D eigenvalue weighted by atomic mass is 9.97. The second-order valence-electron chi connectivity index (χ2n) is 9.98. The maximum atomic E-state index is 5.74. The molecule has 0 amide bonds. The van der Waals surface area contributed by atoms with E-state index in [2.05, 4.69) is 72.9 Å². The van der Waals surface area contributed by atoms with E-state index < -0.39 is 0 Å². The number of benzene rings is 1. The lowest BCUT2D eigenvalue weighted by molar-refractivity contribution is 0.0472. The zero-order valence-corrected chi connectivity index (χ0v) is 23.3. The van der Waals surface area contributed by atoms with Crippen LogP contribution in [0, 0.1) is 0 Å². The zero-order valence-electron chi connectivity index (χ0n) is 23.3. The fourth-order valence-electron chi connectivity index (χ4n) is 4.77. The van der Waals surface area contributed by atoms with Gasteiger partial charge in [-0.3, -0.25) is 9.98 Å². The van der Waals surface area contributed by atoms with Crippen molar-refractivity contribution in [3.05, 3.63) is 34.9 Å². The van der Waals surface area contributed by atoms with Crippen molar-refractivity contribution in [3.63, 3.8) is 0 Å². The van der Waals surface area contributed by atoms with Crippen molar-refractivity contribution in [2.24, 2.45) is 9.98 Å². The highest BCUT2D eigenvalue weighted by molar-refractivity contribution is 5.82. The van der Waals surface area contributed by atoms with E-state index in [9.17, 15) is 0 Å². The maximum Gasteiger partial charge on any atom is 0.196 e. The van der Waals surface area contributed by atoms with Gasteiger partial charge < -0.3 is 29.1 Å². The largest absolute Gasteiger partial charge is 0.379 e. The van der Waals surface area contributed by atoms with Gasteiger partial charge in [0.1, 0.15) is 0 Å². The standard InChI is InChI=1S/C28H48N6O2/c1-6-19-35-21-22-36-20-7-8-24-9-10-25(11-13-29-27-31(2)15-16-32(27)3)26(23-24)12-14-30-28-33(4)17-18-34(28)5/h9-10,23H,6-8,11-22H2,1-5H3. The summed E-state index contributed by atoms with van der Waals surface area (Å²) in [5, 5.41) is 0. The normalized spacial score (nSPS) is 16.0. The molecule has 202 valence electrons. The molecule has 1 aromatic rings. The summed E-state index contributed by atoms with van der Waals surface area (Å²) in [6.07, 6.45) is 5.02. The number of likely N-dealkylation sites (N-methyl/N-ethyl adjacent to an activating group) is 4. The molecule has 0 saturated carbocycles. The van der Waals surface area contributed by atoms with Gasteiger partial charge in [-0.1, -0.05) is 25.1 Å². The quantitative estimate of drug-likeness (QED) is 0.345. The molecule has 0 unspecified atom stereocenters. The number of hydrogen-bond donors (Lipinski definition) is 0. The van der Waals surface area contributed by atoms with Crippen molar-refractivity contribution in [2.45, 2.75) is 39.0 Å². The first-order chi connectivity index (χ1) is 17.5. The lowest BCUT2D eigenvalue weighted by Crippen LogP contribution is -2.28. The number of nitrogens with zero attached hydrogens (tertiary/aromatic N) is 6. The predicted molar refractivity (Wildman–Crippen MR) is 149 cm³/mol. The Morgan fingerprint density at radius 1 is 0.667 bits per heavy atom. The Bertz CT molecular complexity index is 834. The van der Waals surface area contributed by atoms with E-state index in [1.807, 2.05) is 0 Å². The molecular formula is C28H48N6O2. The molecule has 0 spiro atoms. The first kappa shape index (κ1) is 28.3. The van der Waals surface area contributed by atoms with Gasteiger partial charge in [-0.25, -0.2) is 0 Å². The molecule has 0 N–H and O–H groups in total. The van der Waals surface area contributed by atoms with Crippen LogP contribution in [0.4, 0.5) is 0 Å². The summed E-state index contributed by atoms with van der Waals surface area (Å²) in [4.78, 5) is 18.8. The number of guanidine groups is 2. The molecule has 2 aliphatic heterocycles. The van der Waals surface area contributed by atoms with Crippen LogP contribution >= 0.6 is 0 Å². The predicted octanol–water partition coefficient (Wildman–Crippen LogP) is 2.61. The van der Waals surface area contributed by atoms with Crippen LogP contribution in [-0.4, -0.2) is 125 Å². The third-order valence-corrected chi connectivity index (χ3v) is 6.92. The molecule has 0 atom stereocenters. The van der Waals surface area contributed by atoms with Crippen LogP contribution < -0.4 is 0 Å². The summed E-state index contributed by atoms with van der Waals surface area (Å²) in [7, 11) is 8.51. The Labute approximate surface area is 219 Å². The SMILES string of the molecule is CCCOCCOCCCc1ccc(CCN=C2N(C)CCN2C)c(CCN=C2N(C)CCN2C)c1.